The molecule has 0 fully saturated rings. The highest BCUT2D eigenvalue weighted by molar-refractivity contribution is 7.14. The van der Waals surface area contributed by atoms with Gasteiger partial charge in [-0.25, -0.2) is 9.78 Å². The first-order valence-electron chi connectivity index (χ1n) is 6.05. The number of aromatic nitrogens is 1. The quantitative estimate of drug-likeness (QED) is 0.848. The lowest BCUT2D eigenvalue weighted by molar-refractivity contribution is 0.00638. The minimum absolute atomic E-state index is 0.307. The number of nitrogens with zero attached hydrogens (tertiary/aromatic N) is 1. The number of hydrogen-bond donors (Lipinski definition) is 1. The number of hydrogen-bond acceptors (Lipinski definition) is 5. The molecule has 4 nitrogen and oxygen atoms in total. The lowest BCUT2D eigenvalue weighted by Gasteiger charge is -2.18. The maximum Gasteiger partial charge on any atom is 0.358 e. The molecule has 2 rings (SSSR count). The predicted molar refractivity (Wildman–Crippen MR) is 82.0 cm³/mol. The van der Waals surface area contributed by atoms with Gasteiger partial charge in [-0.3, -0.25) is 0 Å². The summed E-state index contributed by atoms with van der Waals surface area (Å²) in [5.41, 5.74) is 0.644. The number of thiazole rings is 1. The highest BCUT2D eigenvalue weighted by Crippen LogP contribution is 2.23. The van der Waals surface area contributed by atoms with Crippen LogP contribution < -0.4 is 5.32 Å². The van der Waals surface area contributed by atoms with Crippen molar-refractivity contribution < 1.29 is 9.53 Å². The first kappa shape index (κ1) is 14.8. The van der Waals surface area contributed by atoms with Crippen molar-refractivity contribution in [3.63, 3.8) is 0 Å². The van der Waals surface area contributed by atoms with Crippen molar-refractivity contribution in [1.29, 1.82) is 0 Å². The molecule has 0 aliphatic carbocycles. The van der Waals surface area contributed by atoms with Gasteiger partial charge in [-0.1, -0.05) is 11.6 Å². The molecule has 2 aromatic rings. The smallest absolute Gasteiger partial charge is 0.358 e. The Morgan fingerprint density at radius 3 is 2.55 bits per heavy atom. The van der Waals surface area contributed by atoms with E-state index < -0.39 is 11.6 Å². The maximum atomic E-state index is 11.8. The number of esters is 1. The SMILES string of the molecule is CC(C)(C)OC(=O)c1csc(Nc2ccc(Cl)cc2)n1. The highest BCUT2D eigenvalue weighted by atomic mass is 35.5. The van der Waals surface area contributed by atoms with Crippen LogP contribution in [0.2, 0.25) is 5.02 Å². The molecule has 0 bridgehead atoms. The predicted octanol–water partition coefficient (Wildman–Crippen LogP) is 4.50. The fourth-order valence-electron chi connectivity index (χ4n) is 1.41. The van der Waals surface area contributed by atoms with Crippen LogP contribution in [0.3, 0.4) is 0 Å². The van der Waals surface area contributed by atoms with E-state index in [1.54, 1.807) is 17.5 Å². The molecule has 0 atom stereocenters. The second-order valence-electron chi connectivity index (χ2n) is 5.17. The minimum atomic E-state index is -0.523. The zero-order chi connectivity index (χ0) is 14.8. The van der Waals surface area contributed by atoms with Gasteiger partial charge in [0.05, 0.1) is 0 Å². The average molecular weight is 311 g/mol. The number of carbonyl (C=O) groups is 1. The summed E-state index contributed by atoms with van der Waals surface area (Å²) in [6.45, 7) is 5.47. The summed E-state index contributed by atoms with van der Waals surface area (Å²) in [5, 5.41) is 6.09. The Hall–Kier alpha value is -1.59. The van der Waals surface area contributed by atoms with Gasteiger partial charge in [-0.05, 0) is 45.0 Å². The third-order valence-electron chi connectivity index (χ3n) is 2.21. The molecule has 0 radical (unpaired) electrons. The lowest BCUT2D eigenvalue weighted by Crippen LogP contribution is -2.24. The van der Waals surface area contributed by atoms with Gasteiger partial charge >= 0.3 is 5.97 Å². The molecule has 0 saturated carbocycles. The molecule has 0 aliphatic rings. The topological polar surface area (TPSA) is 51.2 Å². The van der Waals surface area contributed by atoms with E-state index in [0.29, 0.717) is 15.8 Å². The summed E-state index contributed by atoms with van der Waals surface area (Å²) in [7, 11) is 0. The van der Waals surface area contributed by atoms with Crippen LogP contribution in [-0.2, 0) is 4.74 Å². The van der Waals surface area contributed by atoms with Crippen LogP contribution in [0.25, 0.3) is 0 Å². The van der Waals surface area contributed by atoms with E-state index in [2.05, 4.69) is 10.3 Å². The van der Waals surface area contributed by atoms with Crippen molar-refractivity contribution in [2.75, 3.05) is 5.32 Å². The van der Waals surface area contributed by atoms with Gasteiger partial charge in [0.25, 0.3) is 0 Å². The first-order valence-corrected chi connectivity index (χ1v) is 7.31. The molecular weight excluding hydrogens is 296 g/mol. The maximum absolute atomic E-state index is 11.8. The Kier molecular flexibility index (Phi) is 4.30. The Labute approximate surface area is 126 Å². The van der Waals surface area contributed by atoms with Crippen LogP contribution in [0, 0.1) is 0 Å². The van der Waals surface area contributed by atoms with Crippen LogP contribution in [0.1, 0.15) is 31.3 Å². The number of ether oxygens (including phenoxy) is 1. The largest absolute Gasteiger partial charge is 0.455 e. The Bertz CT molecular complexity index is 602. The van der Waals surface area contributed by atoms with Crippen LogP contribution in [0.15, 0.2) is 29.6 Å². The Morgan fingerprint density at radius 1 is 1.30 bits per heavy atom. The van der Waals surface area contributed by atoms with Crippen molar-refractivity contribution in [1.82, 2.24) is 4.98 Å². The molecule has 20 heavy (non-hydrogen) atoms. The van der Waals surface area contributed by atoms with E-state index in [-0.39, 0.29) is 0 Å². The molecule has 0 amide bonds. The standard InChI is InChI=1S/C14H15ClN2O2S/c1-14(2,3)19-12(18)11-8-20-13(17-11)16-10-6-4-9(15)5-7-10/h4-8H,1-3H3,(H,16,17). The van der Waals surface area contributed by atoms with Gasteiger partial charge in [-0.15, -0.1) is 11.3 Å². The van der Waals surface area contributed by atoms with Crippen molar-refractivity contribution in [3.8, 4) is 0 Å². The van der Waals surface area contributed by atoms with Crippen LogP contribution >= 0.6 is 22.9 Å². The monoisotopic (exact) mass is 310 g/mol. The normalized spacial score (nSPS) is 11.2. The van der Waals surface area contributed by atoms with E-state index in [4.69, 9.17) is 16.3 Å². The summed E-state index contributed by atoms with van der Waals surface area (Å²) >= 11 is 7.17. The highest BCUT2D eigenvalue weighted by Gasteiger charge is 2.20. The number of halogens is 1. The van der Waals surface area contributed by atoms with Crippen molar-refractivity contribution in [3.05, 3.63) is 40.4 Å². The number of rotatable bonds is 3. The minimum Gasteiger partial charge on any atom is -0.455 e. The van der Waals surface area contributed by atoms with E-state index in [0.717, 1.165) is 5.69 Å². The zero-order valence-corrected chi connectivity index (χ0v) is 13.0. The molecule has 1 aromatic carbocycles. The second kappa shape index (κ2) is 5.81. The lowest BCUT2D eigenvalue weighted by atomic mass is 10.2. The number of carbonyl (C=O) groups excluding carboxylic acids is 1. The van der Waals surface area contributed by atoms with E-state index in [1.807, 2.05) is 32.9 Å². The third-order valence-corrected chi connectivity index (χ3v) is 3.22. The molecule has 106 valence electrons. The molecule has 6 heteroatoms. The fraction of sp³-hybridized carbons (Fsp3) is 0.286. The van der Waals surface area contributed by atoms with Crippen LogP contribution in [0.4, 0.5) is 10.8 Å². The second-order valence-corrected chi connectivity index (χ2v) is 6.47. The van der Waals surface area contributed by atoms with E-state index in [9.17, 15) is 4.79 Å². The summed E-state index contributed by atoms with van der Waals surface area (Å²) in [5.74, 6) is -0.419. The summed E-state index contributed by atoms with van der Waals surface area (Å²) in [6, 6.07) is 7.26. The molecular formula is C14H15ClN2O2S. The van der Waals surface area contributed by atoms with Gasteiger partial charge in [0.15, 0.2) is 10.8 Å². The van der Waals surface area contributed by atoms with Crippen molar-refractivity contribution in [2.24, 2.45) is 0 Å². The number of anilines is 2. The Balaban J connectivity index is 2.05. The van der Waals surface area contributed by atoms with Crippen molar-refractivity contribution >= 4 is 39.7 Å². The van der Waals surface area contributed by atoms with Gasteiger partial charge in [0.2, 0.25) is 0 Å². The van der Waals surface area contributed by atoms with Gasteiger partial charge < -0.3 is 10.1 Å². The van der Waals surface area contributed by atoms with Gasteiger partial charge in [0.1, 0.15) is 5.60 Å². The van der Waals surface area contributed by atoms with E-state index in [1.165, 1.54) is 11.3 Å². The number of benzene rings is 1. The van der Waals surface area contributed by atoms with Crippen LogP contribution in [-0.4, -0.2) is 16.6 Å². The molecule has 0 saturated heterocycles. The van der Waals surface area contributed by atoms with Crippen LogP contribution in [0.5, 0.6) is 0 Å². The average Bonchev–Trinajstić information content (AvgIpc) is 2.79. The Morgan fingerprint density at radius 2 is 1.95 bits per heavy atom. The molecule has 0 spiro atoms. The molecule has 1 N–H and O–H groups in total. The molecule has 1 heterocycles. The number of nitrogens with one attached hydrogen (secondary N) is 1. The first-order chi connectivity index (χ1) is 9.33. The summed E-state index contributed by atoms with van der Waals surface area (Å²) in [6.07, 6.45) is 0. The summed E-state index contributed by atoms with van der Waals surface area (Å²) < 4.78 is 5.26. The van der Waals surface area contributed by atoms with Gasteiger partial charge in [0, 0.05) is 16.1 Å². The molecule has 0 aliphatic heterocycles. The summed E-state index contributed by atoms with van der Waals surface area (Å²) in [4.78, 5) is 16.1. The fourth-order valence-corrected chi connectivity index (χ4v) is 2.24. The van der Waals surface area contributed by atoms with Gasteiger partial charge in [-0.2, -0.15) is 0 Å². The third kappa shape index (κ3) is 4.21. The zero-order valence-electron chi connectivity index (χ0n) is 11.4. The van der Waals surface area contributed by atoms with Crippen molar-refractivity contribution in [2.45, 2.75) is 26.4 Å². The molecule has 0 unspecified atom stereocenters. The van der Waals surface area contributed by atoms with E-state index >= 15 is 0 Å². The molecule has 1 aromatic heterocycles.